The predicted octanol–water partition coefficient (Wildman–Crippen LogP) is 16.5. The molecule has 0 radical (unpaired) electrons. The van der Waals surface area contributed by atoms with E-state index in [4.69, 9.17) is 18.5 Å². The van der Waals surface area contributed by atoms with E-state index in [0.717, 1.165) is 103 Å². The van der Waals surface area contributed by atoms with E-state index in [1.165, 1.54) is 0 Å². The van der Waals surface area contributed by atoms with E-state index in [-0.39, 0.29) is 26.1 Å². The minimum Gasteiger partial charge on any atom is -0.461 e. The van der Waals surface area contributed by atoms with Gasteiger partial charge in [0.25, 0.3) is 0 Å². The highest BCUT2D eigenvalue weighted by Crippen LogP contribution is 2.43. The first-order valence-electron chi connectivity index (χ1n) is 26.5. The van der Waals surface area contributed by atoms with E-state index in [0.29, 0.717) is 23.9 Å². The Morgan fingerprint density at radius 1 is 0.444 bits per heavy atom. The molecule has 9 nitrogen and oxygen atoms in total. The van der Waals surface area contributed by atoms with E-state index in [1.807, 2.05) is 33.3 Å². The summed E-state index contributed by atoms with van der Waals surface area (Å²) in [6, 6.07) is 0. The van der Waals surface area contributed by atoms with E-state index in [1.54, 1.807) is 6.08 Å². The summed E-state index contributed by atoms with van der Waals surface area (Å²) in [7, 11) is 1.37. The van der Waals surface area contributed by atoms with Crippen LogP contribution in [0.4, 0.5) is 0 Å². The summed E-state index contributed by atoms with van der Waals surface area (Å²) in [5.74, 6) is -1.02. The molecule has 0 bridgehead atoms. The van der Waals surface area contributed by atoms with Gasteiger partial charge in [-0.05, 0) is 116 Å². The van der Waals surface area contributed by atoms with Crippen LogP contribution in [0.5, 0.6) is 0 Å². The van der Waals surface area contributed by atoms with Crippen LogP contribution in [0.25, 0.3) is 0 Å². The Labute approximate surface area is 438 Å². The lowest BCUT2D eigenvalue weighted by molar-refractivity contribution is -0.870. The van der Waals surface area contributed by atoms with Crippen molar-refractivity contribution in [1.29, 1.82) is 0 Å². The number of unbranched alkanes of at least 4 members (excludes halogenated alkanes) is 2. The van der Waals surface area contributed by atoms with Gasteiger partial charge in [-0.3, -0.25) is 18.6 Å². The molecule has 0 aromatic rings. The Hall–Kier alpha value is -4.89. The number of hydrogen-bond acceptors (Lipinski definition) is 7. The van der Waals surface area contributed by atoms with Gasteiger partial charge in [0, 0.05) is 6.42 Å². The highest BCUT2D eigenvalue weighted by molar-refractivity contribution is 7.47. The zero-order valence-electron chi connectivity index (χ0n) is 45.1. The van der Waals surface area contributed by atoms with Crippen molar-refractivity contribution >= 4 is 19.8 Å². The van der Waals surface area contributed by atoms with Crippen LogP contribution in [0.15, 0.2) is 182 Å². The summed E-state index contributed by atoms with van der Waals surface area (Å²) in [4.78, 5) is 35.4. The third-order valence-corrected chi connectivity index (χ3v) is 10.9. The van der Waals surface area contributed by atoms with Gasteiger partial charge < -0.3 is 18.9 Å². The fourth-order valence-corrected chi connectivity index (χ4v) is 6.68. The maximum absolute atomic E-state index is 12.7. The van der Waals surface area contributed by atoms with Crippen LogP contribution in [0.3, 0.4) is 0 Å². The van der Waals surface area contributed by atoms with E-state index in [2.05, 4.69) is 178 Å². The quantitative estimate of drug-likeness (QED) is 0.0211. The fraction of sp³-hybridized carbons (Fsp3) is 0.484. The van der Waals surface area contributed by atoms with E-state index < -0.39 is 32.5 Å². The molecule has 0 aliphatic carbocycles. The monoisotopic (exact) mass is 1010 g/mol. The number of nitrogens with zero attached hydrogens (tertiary/aromatic N) is 1. The third-order valence-electron chi connectivity index (χ3n) is 9.96. The van der Waals surface area contributed by atoms with E-state index in [9.17, 15) is 19.0 Å². The van der Waals surface area contributed by atoms with Gasteiger partial charge in [-0.1, -0.05) is 196 Å². The highest BCUT2D eigenvalue weighted by Gasteiger charge is 2.27. The molecule has 2 unspecified atom stereocenters. The maximum atomic E-state index is 12.7. The lowest BCUT2D eigenvalue weighted by Crippen LogP contribution is -2.37. The largest absolute Gasteiger partial charge is 0.472 e. The first-order chi connectivity index (χ1) is 35.0. The standard InChI is InChI=1S/C62H94NO8P/c1-6-8-10-12-14-16-18-20-22-23-24-25-26-27-28-29-30-31-32-33-34-35-36-37-38-39-41-43-45-47-49-51-53-55-62(65)71-60(59-70-72(66,67)69-57-56-63(3,4)5)58-68-61(64)54-52-50-48-46-44-42-40-21-19-17-15-13-11-9-7-2/h8-11,14-17,20-22,24-25,27-28,30-31,33-34,36-37,39-41,44-47,50,52,60H,6-7,12-13,18-19,23,26,29,32,35,38,42-43,48-49,51,53-59H2,1-5H3/p+1/b10-8-,11-9-,16-14-,17-15-,22-20-,25-24-,28-27-,31-30-,34-33-,37-36-,40-21-,41-39-,46-44-,47-45-,52-50-. The van der Waals surface area contributed by atoms with Crippen LogP contribution in [-0.4, -0.2) is 74.9 Å². The third kappa shape index (κ3) is 54.4. The van der Waals surface area contributed by atoms with Crippen molar-refractivity contribution in [3.63, 3.8) is 0 Å². The molecule has 0 aromatic heterocycles. The SMILES string of the molecule is CC/C=C\C/C=C\C/C=C\C/C=C\C/C=C\C/C=C\C/C=C\C/C=C\C/C=C\C/C=C\CCCCC(=O)OC(COC(=O)C/C=C\C/C=C\C/C=C\C/C=C\C/C=C\CC)COP(=O)(O)OCC[N+](C)(C)C. The number of phosphoric acid groups is 1. The normalized spacial score (nSPS) is 14.8. The molecule has 0 heterocycles. The molecule has 0 saturated heterocycles. The van der Waals surface area contributed by atoms with E-state index >= 15 is 0 Å². The molecular formula is C62H95NO8P+. The van der Waals surface area contributed by atoms with Crippen LogP contribution in [0.1, 0.15) is 142 Å². The number of hydrogen-bond donors (Lipinski definition) is 1. The number of rotatable bonds is 45. The maximum Gasteiger partial charge on any atom is 0.472 e. The van der Waals surface area contributed by atoms with Gasteiger partial charge in [0.1, 0.15) is 19.8 Å². The second-order valence-corrected chi connectivity index (χ2v) is 19.3. The Morgan fingerprint density at radius 2 is 0.778 bits per heavy atom. The zero-order chi connectivity index (χ0) is 52.7. The highest BCUT2D eigenvalue weighted by atomic mass is 31.2. The summed E-state index contributed by atoms with van der Waals surface area (Å²) in [6.07, 6.45) is 80.0. The van der Waals surface area contributed by atoms with Crippen LogP contribution in [-0.2, 0) is 32.7 Å². The number of carbonyl (C=O) groups excluding carboxylic acids is 2. The number of allylic oxidation sites excluding steroid dienone is 29. The van der Waals surface area contributed by atoms with Crippen molar-refractivity contribution in [3.05, 3.63) is 182 Å². The van der Waals surface area contributed by atoms with Gasteiger partial charge in [-0.25, -0.2) is 4.57 Å². The molecule has 1 N–H and O–H groups in total. The Bertz CT molecular complexity index is 1860. The first kappa shape index (κ1) is 67.1. The second kappa shape index (κ2) is 51.0. The molecule has 0 aliphatic rings. The molecule has 400 valence electrons. The summed E-state index contributed by atoms with van der Waals surface area (Å²) in [5.41, 5.74) is 0. The van der Waals surface area contributed by atoms with Gasteiger partial charge in [0.05, 0.1) is 34.2 Å². The number of likely N-dealkylation sites (N-methyl/N-ethyl adjacent to an activating group) is 1. The molecule has 0 aromatic carbocycles. The Balaban J connectivity index is 4.42. The van der Waals surface area contributed by atoms with Crippen molar-refractivity contribution in [2.24, 2.45) is 0 Å². The van der Waals surface area contributed by atoms with Gasteiger partial charge in [0.15, 0.2) is 6.10 Å². The zero-order valence-corrected chi connectivity index (χ0v) is 46.0. The number of carbonyl (C=O) groups is 2. The topological polar surface area (TPSA) is 108 Å². The van der Waals surface area contributed by atoms with Crippen molar-refractivity contribution in [1.82, 2.24) is 0 Å². The Kier molecular flexibility index (Phi) is 47.6. The number of ether oxygens (including phenoxy) is 2. The van der Waals surface area contributed by atoms with Crippen molar-refractivity contribution in [2.75, 3.05) is 47.5 Å². The lowest BCUT2D eigenvalue weighted by atomic mass is 10.2. The molecule has 0 spiro atoms. The van der Waals surface area contributed by atoms with Crippen molar-refractivity contribution < 1.29 is 42.1 Å². The van der Waals surface area contributed by atoms with Crippen molar-refractivity contribution in [2.45, 2.75) is 148 Å². The molecule has 0 aliphatic heterocycles. The second-order valence-electron chi connectivity index (χ2n) is 17.8. The average molecular weight is 1010 g/mol. The number of phosphoric ester groups is 1. The first-order valence-corrected chi connectivity index (χ1v) is 28.0. The molecule has 10 heteroatoms. The van der Waals surface area contributed by atoms with Gasteiger partial charge in [0.2, 0.25) is 0 Å². The van der Waals surface area contributed by atoms with Gasteiger partial charge >= 0.3 is 19.8 Å². The summed E-state index contributed by atoms with van der Waals surface area (Å²) < 4.78 is 34.2. The fourth-order valence-electron chi connectivity index (χ4n) is 5.94. The van der Waals surface area contributed by atoms with Crippen LogP contribution in [0.2, 0.25) is 0 Å². The predicted molar refractivity (Wildman–Crippen MR) is 306 cm³/mol. The van der Waals surface area contributed by atoms with Gasteiger partial charge in [-0.15, -0.1) is 0 Å². The van der Waals surface area contributed by atoms with Crippen LogP contribution >= 0.6 is 7.82 Å². The lowest BCUT2D eigenvalue weighted by Gasteiger charge is -2.24. The summed E-state index contributed by atoms with van der Waals surface area (Å²) in [5, 5.41) is 0. The molecule has 0 fully saturated rings. The minimum absolute atomic E-state index is 0.00220. The minimum atomic E-state index is -4.43. The van der Waals surface area contributed by atoms with Crippen molar-refractivity contribution in [3.8, 4) is 0 Å². The van der Waals surface area contributed by atoms with Crippen LogP contribution in [0, 0.1) is 0 Å². The van der Waals surface area contributed by atoms with Crippen LogP contribution < -0.4 is 0 Å². The smallest absolute Gasteiger partial charge is 0.461 e. The summed E-state index contributed by atoms with van der Waals surface area (Å²) in [6.45, 7) is 3.98. The summed E-state index contributed by atoms with van der Waals surface area (Å²) >= 11 is 0. The molecule has 2 atom stereocenters. The molecular weight excluding hydrogens is 918 g/mol. The number of quaternary nitrogens is 1. The average Bonchev–Trinajstić information content (AvgIpc) is 3.34. The number of esters is 2. The molecule has 0 amide bonds. The molecule has 72 heavy (non-hydrogen) atoms. The molecule has 0 rings (SSSR count). The Morgan fingerprint density at radius 3 is 1.12 bits per heavy atom. The van der Waals surface area contributed by atoms with Gasteiger partial charge in [-0.2, -0.15) is 0 Å². The molecule has 0 saturated carbocycles.